The molecule has 1 saturated heterocycles. The molecule has 27 heavy (non-hydrogen) atoms. The van der Waals surface area contributed by atoms with E-state index in [-0.39, 0.29) is 5.91 Å². The van der Waals surface area contributed by atoms with Crippen molar-refractivity contribution >= 4 is 17.5 Å². The lowest BCUT2D eigenvalue weighted by Gasteiger charge is -2.34. The molecule has 2 aromatic rings. The minimum atomic E-state index is 0.168. The Morgan fingerprint density at radius 2 is 2.07 bits per heavy atom. The SMILES string of the molecule is CN(C[C@H]1CCCN(CCc2ccc(Cl)cc2)C1)C(=O)Cc1cccnc1. The number of piperidine rings is 1. The predicted molar refractivity (Wildman–Crippen MR) is 110 cm³/mol. The summed E-state index contributed by atoms with van der Waals surface area (Å²) in [5.74, 6) is 0.716. The molecule has 1 fully saturated rings. The van der Waals surface area contributed by atoms with Crippen molar-refractivity contribution in [3.05, 3.63) is 64.9 Å². The Morgan fingerprint density at radius 1 is 1.26 bits per heavy atom. The standard InChI is InChI=1S/C22H28ClN3O/c1-25(22(27)14-19-4-2-11-24-15-19)16-20-5-3-12-26(17-20)13-10-18-6-8-21(23)9-7-18/h2,4,6-9,11,15,20H,3,5,10,12-14,16-17H2,1H3/t20-/m1/s1. The number of carbonyl (C=O) groups excluding carboxylic acids is 1. The summed E-state index contributed by atoms with van der Waals surface area (Å²) in [5, 5.41) is 0.788. The number of likely N-dealkylation sites (N-methyl/N-ethyl adjacent to an activating group) is 1. The number of halogens is 1. The number of amides is 1. The van der Waals surface area contributed by atoms with Gasteiger partial charge < -0.3 is 9.80 Å². The van der Waals surface area contributed by atoms with Crippen LogP contribution >= 0.6 is 11.6 Å². The van der Waals surface area contributed by atoms with E-state index in [0.717, 1.165) is 43.2 Å². The number of benzene rings is 1. The lowest BCUT2D eigenvalue weighted by Crippen LogP contribution is -2.42. The van der Waals surface area contributed by atoms with E-state index in [2.05, 4.69) is 22.0 Å². The Bertz CT molecular complexity index is 720. The maximum Gasteiger partial charge on any atom is 0.226 e. The van der Waals surface area contributed by atoms with Gasteiger partial charge in [0, 0.05) is 44.1 Å². The number of carbonyl (C=O) groups is 1. The highest BCUT2D eigenvalue weighted by atomic mass is 35.5. The van der Waals surface area contributed by atoms with E-state index in [0.29, 0.717) is 12.3 Å². The fourth-order valence-corrected chi connectivity index (χ4v) is 3.87. The minimum absolute atomic E-state index is 0.168. The monoisotopic (exact) mass is 385 g/mol. The summed E-state index contributed by atoms with van der Waals surface area (Å²) in [6, 6.07) is 12.0. The van der Waals surface area contributed by atoms with Crippen molar-refractivity contribution in [2.24, 2.45) is 5.92 Å². The number of hydrogen-bond donors (Lipinski definition) is 0. The molecule has 0 saturated carbocycles. The minimum Gasteiger partial charge on any atom is -0.345 e. The highest BCUT2D eigenvalue weighted by molar-refractivity contribution is 6.30. The van der Waals surface area contributed by atoms with Gasteiger partial charge >= 0.3 is 0 Å². The van der Waals surface area contributed by atoms with Crippen molar-refractivity contribution in [1.82, 2.24) is 14.8 Å². The molecule has 4 nitrogen and oxygen atoms in total. The van der Waals surface area contributed by atoms with Gasteiger partial charge in [-0.2, -0.15) is 0 Å². The first-order valence-corrected chi connectivity index (χ1v) is 10.1. The van der Waals surface area contributed by atoms with Crippen LogP contribution in [-0.4, -0.2) is 53.9 Å². The molecule has 1 aromatic heterocycles. The Hall–Kier alpha value is -1.91. The van der Waals surface area contributed by atoms with E-state index in [1.807, 2.05) is 36.2 Å². The Balaban J connectivity index is 1.44. The third-order valence-corrected chi connectivity index (χ3v) is 5.52. The van der Waals surface area contributed by atoms with Gasteiger partial charge in [0.25, 0.3) is 0 Å². The van der Waals surface area contributed by atoms with E-state index < -0.39 is 0 Å². The lowest BCUT2D eigenvalue weighted by atomic mass is 9.97. The Labute approximate surface area is 167 Å². The quantitative estimate of drug-likeness (QED) is 0.729. The van der Waals surface area contributed by atoms with Gasteiger partial charge in [0.05, 0.1) is 6.42 Å². The summed E-state index contributed by atoms with van der Waals surface area (Å²) in [6.45, 7) is 4.11. The van der Waals surface area contributed by atoms with Gasteiger partial charge in [0.2, 0.25) is 5.91 Å². The summed E-state index contributed by atoms with van der Waals surface area (Å²) in [5.41, 5.74) is 2.30. The van der Waals surface area contributed by atoms with Crippen molar-refractivity contribution in [2.45, 2.75) is 25.7 Å². The van der Waals surface area contributed by atoms with Crippen LogP contribution in [-0.2, 0) is 17.6 Å². The second-order valence-electron chi connectivity index (χ2n) is 7.50. The molecular formula is C22H28ClN3O. The van der Waals surface area contributed by atoms with E-state index in [4.69, 9.17) is 11.6 Å². The molecule has 0 unspecified atom stereocenters. The summed E-state index contributed by atoms with van der Waals surface area (Å²) in [7, 11) is 1.92. The Morgan fingerprint density at radius 3 is 2.81 bits per heavy atom. The van der Waals surface area contributed by atoms with Crippen LogP contribution in [0.4, 0.5) is 0 Å². The van der Waals surface area contributed by atoms with Crippen LogP contribution in [0.15, 0.2) is 48.8 Å². The van der Waals surface area contributed by atoms with Crippen LogP contribution in [0.5, 0.6) is 0 Å². The van der Waals surface area contributed by atoms with Gasteiger partial charge in [0.15, 0.2) is 0 Å². The van der Waals surface area contributed by atoms with Gasteiger partial charge in [-0.1, -0.05) is 29.8 Å². The average molecular weight is 386 g/mol. The molecule has 2 heterocycles. The summed E-state index contributed by atoms with van der Waals surface area (Å²) < 4.78 is 0. The third-order valence-electron chi connectivity index (χ3n) is 5.27. The summed E-state index contributed by atoms with van der Waals surface area (Å²) in [4.78, 5) is 21.0. The second kappa shape index (κ2) is 9.86. The molecular weight excluding hydrogens is 358 g/mol. The van der Waals surface area contributed by atoms with E-state index in [1.165, 1.54) is 18.4 Å². The third kappa shape index (κ3) is 6.33. The van der Waals surface area contributed by atoms with Gasteiger partial charge in [-0.3, -0.25) is 9.78 Å². The normalized spacial score (nSPS) is 17.6. The van der Waals surface area contributed by atoms with Gasteiger partial charge in [0.1, 0.15) is 0 Å². The number of nitrogens with zero attached hydrogens (tertiary/aromatic N) is 3. The molecule has 3 rings (SSSR count). The van der Waals surface area contributed by atoms with Crippen LogP contribution in [0.1, 0.15) is 24.0 Å². The first-order valence-electron chi connectivity index (χ1n) is 9.70. The molecule has 1 aliphatic rings. The molecule has 144 valence electrons. The fraction of sp³-hybridized carbons (Fsp3) is 0.455. The molecule has 1 aliphatic heterocycles. The van der Waals surface area contributed by atoms with Crippen molar-refractivity contribution in [2.75, 3.05) is 33.2 Å². The van der Waals surface area contributed by atoms with Crippen molar-refractivity contribution in [3.63, 3.8) is 0 Å². The highest BCUT2D eigenvalue weighted by Gasteiger charge is 2.22. The summed E-state index contributed by atoms with van der Waals surface area (Å²) in [6.07, 6.45) is 7.37. The molecule has 0 N–H and O–H groups in total. The molecule has 1 amide bonds. The molecule has 1 aromatic carbocycles. The molecule has 1 atom stereocenters. The zero-order valence-corrected chi connectivity index (χ0v) is 16.7. The number of aromatic nitrogens is 1. The topological polar surface area (TPSA) is 36.4 Å². The first kappa shape index (κ1) is 19.8. The second-order valence-corrected chi connectivity index (χ2v) is 7.93. The van der Waals surface area contributed by atoms with Crippen LogP contribution < -0.4 is 0 Å². The maximum absolute atomic E-state index is 12.5. The van der Waals surface area contributed by atoms with Gasteiger partial charge in [-0.05, 0) is 61.1 Å². The van der Waals surface area contributed by atoms with Crippen LogP contribution in [0, 0.1) is 5.92 Å². The zero-order valence-electron chi connectivity index (χ0n) is 16.0. The molecule has 0 radical (unpaired) electrons. The zero-order chi connectivity index (χ0) is 19.1. The molecule has 5 heteroatoms. The smallest absolute Gasteiger partial charge is 0.226 e. The van der Waals surface area contributed by atoms with Gasteiger partial charge in [-0.25, -0.2) is 0 Å². The number of pyridine rings is 1. The van der Waals surface area contributed by atoms with Crippen molar-refractivity contribution in [3.8, 4) is 0 Å². The highest BCUT2D eigenvalue weighted by Crippen LogP contribution is 2.19. The number of rotatable bonds is 7. The predicted octanol–water partition coefficient (Wildman–Crippen LogP) is 3.69. The Kier molecular flexibility index (Phi) is 7.25. The fourth-order valence-electron chi connectivity index (χ4n) is 3.74. The van der Waals surface area contributed by atoms with Gasteiger partial charge in [-0.15, -0.1) is 0 Å². The van der Waals surface area contributed by atoms with Crippen LogP contribution in [0.3, 0.4) is 0 Å². The largest absolute Gasteiger partial charge is 0.345 e. The van der Waals surface area contributed by atoms with Crippen molar-refractivity contribution < 1.29 is 4.79 Å². The molecule has 0 bridgehead atoms. The van der Waals surface area contributed by atoms with E-state index in [9.17, 15) is 4.79 Å². The number of likely N-dealkylation sites (tertiary alicyclic amines) is 1. The average Bonchev–Trinajstić information content (AvgIpc) is 2.68. The summed E-state index contributed by atoms with van der Waals surface area (Å²) >= 11 is 5.96. The number of hydrogen-bond acceptors (Lipinski definition) is 3. The van der Waals surface area contributed by atoms with Crippen LogP contribution in [0.2, 0.25) is 5.02 Å². The van der Waals surface area contributed by atoms with E-state index in [1.54, 1.807) is 12.4 Å². The molecule has 0 spiro atoms. The van der Waals surface area contributed by atoms with E-state index >= 15 is 0 Å². The first-order chi connectivity index (χ1) is 13.1. The maximum atomic E-state index is 12.5. The molecule has 0 aliphatic carbocycles. The lowest BCUT2D eigenvalue weighted by molar-refractivity contribution is -0.130. The van der Waals surface area contributed by atoms with Crippen molar-refractivity contribution in [1.29, 1.82) is 0 Å². The van der Waals surface area contributed by atoms with Crippen LogP contribution in [0.25, 0.3) is 0 Å².